The molecule has 0 spiro atoms. The van der Waals surface area contributed by atoms with Crippen LogP contribution < -0.4 is 16.4 Å². The number of halogens is 1. The van der Waals surface area contributed by atoms with Gasteiger partial charge in [-0.1, -0.05) is 0 Å². The molecule has 1 aromatic carbocycles. The van der Waals surface area contributed by atoms with Gasteiger partial charge in [0.15, 0.2) is 0 Å². The minimum atomic E-state index is -0.0115. The fourth-order valence-corrected chi connectivity index (χ4v) is 1.95. The van der Waals surface area contributed by atoms with Crippen molar-refractivity contribution in [1.29, 1.82) is 0 Å². The highest BCUT2D eigenvalue weighted by Crippen LogP contribution is 2.20. The van der Waals surface area contributed by atoms with E-state index in [9.17, 15) is 4.79 Å². The third-order valence-electron chi connectivity index (χ3n) is 1.88. The first-order chi connectivity index (χ1) is 7.49. The van der Waals surface area contributed by atoms with Gasteiger partial charge in [0.2, 0.25) is 5.91 Å². The van der Waals surface area contributed by atoms with E-state index in [2.05, 4.69) is 33.2 Å². The lowest BCUT2D eigenvalue weighted by atomic mass is 10.3. The van der Waals surface area contributed by atoms with Crippen molar-refractivity contribution < 1.29 is 4.79 Å². The maximum Gasteiger partial charge on any atom is 0.239 e. The average Bonchev–Trinajstić information content (AvgIpc) is 2.15. The van der Waals surface area contributed by atoms with Crippen molar-refractivity contribution >= 4 is 39.9 Å². The molecule has 1 rings (SSSR count). The Morgan fingerprint density at radius 2 is 2.19 bits per heavy atom. The lowest BCUT2D eigenvalue weighted by Crippen LogP contribution is -2.34. The summed E-state index contributed by atoms with van der Waals surface area (Å²) in [4.78, 5) is 11.4. The highest BCUT2D eigenvalue weighted by molar-refractivity contribution is 14.1. The van der Waals surface area contributed by atoms with E-state index in [0.717, 1.165) is 14.9 Å². The van der Waals surface area contributed by atoms with Crippen LogP contribution in [0.1, 0.15) is 13.8 Å². The van der Waals surface area contributed by atoms with Gasteiger partial charge in [-0.3, -0.25) is 4.79 Å². The molecule has 0 atom stereocenters. The zero-order valence-electron chi connectivity index (χ0n) is 9.38. The van der Waals surface area contributed by atoms with Gasteiger partial charge in [0.05, 0.1) is 6.54 Å². The lowest BCUT2D eigenvalue weighted by molar-refractivity contribution is -0.119. The van der Waals surface area contributed by atoms with Crippen LogP contribution in [0.4, 0.5) is 11.4 Å². The molecule has 0 fully saturated rings. The van der Waals surface area contributed by atoms with Gasteiger partial charge in [0.1, 0.15) is 0 Å². The van der Waals surface area contributed by atoms with Gasteiger partial charge < -0.3 is 16.4 Å². The highest BCUT2D eigenvalue weighted by Gasteiger charge is 2.04. The van der Waals surface area contributed by atoms with E-state index in [4.69, 9.17) is 5.73 Å². The maximum atomic E-state index is 11.4. The van der Waals surface area contributed by atoms with E-state index in [1.54, 1.807) is 0 Å². The van der Waals surface area contributed by atoms with Crippen molar-refractivity contribution in [3.05, 3.63) is 21.8 Å². The van der Waals surface area contributed by atoms with Crippen molar-refractivity contribution in [3.63, 3.8) is 0 Å². The van der Waals surface area contributed by atoms with Gasteiger partial charge >= 0.3 is 0 Å². The summed E-state index contributed by atoms with van der Waals surface area (Å²) in [5.74, 6) is -0.0115. The van der Waals surface area contributed by atoms with Crippen molar-refractivity contribution in [2.45, 2.75) is 19.9 Å². The third-order valence-corrected chi connectivity index (χ3v) is 2.77. The van der Waals surface area contributed by atoms with Gasteiger partial charge in [-0.25, -0.2) is 0 Å². The molecule has 1 aromatic rings. The van der Waals surface area contributed by atoms with Crippen LogP contribution in [0.3, 0.4) is 0 Å². The summed E-state index contributed by atoms with van der Waals surface area (Å²) in [5, 5.41) is 5.89. The first-order valence-corrected chi connectivity index (χ1v) is 6.15. The summed E-state index contributed by atoms with van der Waals surface area (Å²) in [5.41, 5.74) is 7.29. The van der Waals surface area contributed by atoms with Crippen molar-refractivity contribution in [3.8, 4) is 0 Å². The van der Waals surface area contributed by atoms with Gasteiger partial charge in [0.25, 0.3) is 0 Å². The number of amides is 1. The molecule has 0 saturated carbocycles. The molecule has 88 valence electrons. The van der Waals surface area contributed by atoms with Crippen LogP contribution >= 0.6 is 22.6 Å². The van der Waals surface area contributed by atoms with Crippen molar-refractivity contribution in [1.82, 2.24) is 5.32 Å². The van der Waals surface area contributed by atoms with E-state index in [0.29, 0.717) is 0 Å². The topological polar surface area (TPSA) is 67.2 Å². The smallest absolute Gasteiger partial charge is 0.239 e. The molecule has 4 nitrogen and oxygen atoms in total. The predicted molar refractivity (Wildman–Crippen MR) is 75.3 cm³/mol. The SMILES string of the molecule is CC(C)NC(=O)CNc1ccc(N)cc1I. The Balaban J connectivity index is 2.51. The Morgan fingerprint density at radius 1 is 1.50 bits per heavy atom. The molecular formula is C11H16IN3O. The molecule has 5 heteroatoms. The monoisotopic (exact) mass is 333 g/mol. The summed E-state index contributed by atoms with van der Waals surface area (Å²) >= 11 is 2.18. The number of benzene rings is 1. The molecule has 0 radical (unpaired) electrons. The second kappa shape index (κ2) is 5.93. The summed E-state index contributed by atoms with van der Waals surface area (Å²) in [7, 11) is 0. The largest absolute Gasteiger partial charge is 0.399 e. The number of nitrogen functional groups attached to an aromatic ring is 1. The highest BCUT2D eigenvalue weighted by atomic mass is 127. The number of nitrogens with one attached hydrogen (secondary N) is 2. The molecule has 0 aliphatic heterocycles. The average molecular weight is 333 g/mol. The number of anilines is 2. The van der Waals surface area contributed by atoms with Crippen molar-refractivity contribution in [2.24, 2.45) is 0 Å². The minimum Gasteiger partial charge on any atom is -0.399 e. The standard InChI is InChI=1S/C11H16IN3O/c1-7(2)15-11(16)6-14-10-4-3-8(13)5-9(10)12/h3-5,7,14H,6,13H2,1-2H3,(H,15,16). The predicted octanol–water partition coefficient (Wildman–Crippen LogP) is 1.81. The van der Waals surface area contributed by atoms with E-state index < -0.39 is 0 Å². The molecule has 0 aliphatic carbocycles. The van der Waals surface area contributed by atoms with Crippen LogP contribution in [0.5, 0.6) is 0 Å². The molecule has 0 heterocycles. The summed E-state index contributed by atoms with van der Waals surface area (Å²) in [6.45, 7) is 4.15. The quantitative estimate of drug-likeness (QED) is 0.582. The first-order valence-electron chi connectivity index (χ1n) is 5.07. The number of carbonyl (C=O) groups is 1. The summed E-state index contributed by atoms with van der Waals surface area (Å²) < 4.78 is 1.01. The van der Waals surface area contributed by atoms with Crippen LogP contribution in [-0.2, 0) is 4.79 Å². The number of rotatable bonds is 4. The second-order valence-corrected chi connectivity index (χ2v) is 4.98. The summed E-state index contributed by atoms with van der Waals surface area (Å²) in [6, 6.07) is 5.72. The molecule has 0 saturated heterocycles. The van der Waals surface area contributed by atoms with E-state index in [-0.39, 0.29) is 18.5 Å². The van der Waals surface area contributed by atoms with Gasteiger partial charge in [-0.05, 0) is 54.6 Å². The van der Waals surface area contributed by atoms with Crippen LogP contribution in [0.2, 0.25) is 0 Å². The second-order valence-electron chi connectivity index (χ2n) is 3.82. The van der Waals surface area contributed by atoms with E-state index in [1.165, 1.54) is 0 Å². The van der Waals surface area contributed by atoms with E-state index in [1.807, 2.05) is 32.0 Å². The molecule has 0 unspecified atom stereocenters. The molecule has 16 heavy (non-hydrogen) atoms. The van der Waals surface area contributed by atoms with Crippen LogP contribution in [0.25, 0.3) is 0 Å². The summed E-state index contributed by atoms with van der Waals surface area (Å²) in [6.07, 6.45) is 0. The molecule has 0 aliphatic rings. The van der Waals surface area contributed by atoms with Crippen molar-refractivity contribution in [2.75, 3.05) is 17.6 Å². The lowest BCUT2D eigenvalue weighted by Gasteiger charge is -2.11. The first kappa shape index (κ1) is 13.1. The Hall–Kier alpha value is -0.980. The van der Waals surface area contributed by atoms with E-state index >= 15 is 0 Å². The maximum absolute atomic E-state index is 11.4. The van der Waals surface area contributed by atoms with Crippen LogP contribution in [0.15, 0.2) is 18.2 Å². The molecule has 1 amide bonds. The number of hydrogen-bond acceptors (Lipinski definition) is 3. The third kappa shape index (κ3) is 4.26. The van der Waals surface area contributed by atoms with Gasteiger partial charge in [0, 0.05) is 21.0 Å². The fraction of sp³-hybridized carbons (Fsp3) is 0.364. The molecule has 0 aromatic heterocycles. The Morgan fingerprint density at radius 3 is 2.75 bits per heavy atom. The number of nitrogens with two attached hydrogens (primary N) is 1. The number of hydrogen-bond donors (Lipinski definition) is 3. The Bertz CT molecular complexity index is 379. The normalized spacial score (nSPS) is 10.2. The zero-order valence-corrected chi connectivity index (χ0v) is 11.5. The van der Waals surface area contributed by atoms with Gasteiger partial charge in [-0.15, -0.1) is 0 Å². The van der Waals surface area contributed by atoms with Crippen LogP contribution in [-0.4, -0.2) is 18.5 Å². The number of carbonyl (C=O) groups excluding carboxylic acids is 1. The fourth-order valence-electron chi connectivity index (χ4n) is 1.22. The Kier molecular flexibility index (Phi) is 4.85. The molecule has 0 bridgehead atoms. The molecular weight excluding hydrogens is 317 g/mol. The van der Waals surface area contributed by atoms with Crippen LogP contribution in [0, 0.1) is 3.57 Å². The molecule has 4 N–H and O–H groups in total. The minimum absolute atomic E-state index is 0.0115. The van der Waals surface area contributed by atoms with Gasteiger partial charge in [-0.2, -0.15) is 0 Å². The zero-order chi connectivity index (χ0) is 12.1. The Labute approximate surface area is 109 Å².